The van der Waals surface area contributed by atoms with Gasteiger partial charge in [0.25, 0.3) is 5.91 Å². The van der Waals surface area contributed by atoms with Crippen molar-refractivity contribution in [1.29, 1.82) is 0 Å². The van der Waals surface area contributed by atoms with Crippen molar-refractivity contribution in [2.45, 2.75) is 11.5 Å². The average molecular weight is 467 g/mol. The predicted octanol–water partition coefficient (Wildman–Crippen LogP) is 3.97. The molecule has 2 heterocycles. The second kappa shape index (κ2) is 6.78. The average Bonchev–Trinajstić information content (AvgIpc) is 3.09. The van der Waals surface area contributed by atoms with Crippen molar-refractivity contribution in [3.05, 3.63) is 74.8 Å². The first-order valence-electron chi connectivity index (χ1n) is 7.97. The van der Waals surface area contributed by atoms with Crippen LogP contribution in [0.25, 0.3) is 5.69 Å². The SMILES string of the molecule is O=C(Nc1c2c(nn1-c1ccc(Cl)cc1)CS(=O)(=O)C2)c1ccccc1Br. The van der Waals surface area contributed by atoms with E-state index < -0.39 is 9.84 Å². The van der Waals surface area contributed by atoms with Gasteiger partial charge in [0, 0.05) is 15.1 Å². The van der Waals surface area contributed by atoms with Crippen molar-refractivity contribution in [2.24, 2.45) is 0 Å². The maximum Gasteiger partial charge on any atom is 0.257 e. The molecule has 27 heavy (non-hydrogen) atoms. The number of hydrogen-bond acceptors (Lipinski definition) is 4. The molecule has 0 atom stereocenters. The molecule has 6 nitrogen and oxygen atoms in total. The second-order valence-electron chi connectivity index (χ2n) is 6.13. The van der Waals surface area contributed by atoms with E-state index in [0.717, 1.165) is 0 Å². The van der Waals surface area contributed by atoms with Crippen molar-refractivity contribution in [2.75, 3.05) is 5.32 Å². The Labute approximate surface area is 169 Å². The number of rotatable bonds is 3. The fourth-order valence-electron chi connectivity index (χ4n) is 2.96. The summed E-state index contributed by atoms with van der Waals surface area (Å²) in [4.78, 5) is 12.8. The van der Waals surface area contributed by atoms with E-state index >= 15 is 0 Å². The zero-order chi connectivity index (χ0) is 19.2. The number of nitrogens with zero attached hydrogens (tertiary/aromatic N) is 2. The molecule has 1 aromatic heterocycles. The first-order chi connectivity index (χ1) is 12.8. The summed E-state index contributed by atoms with van der Waals surface area (Å²) in [6.07, 6.45) is 0. The van der Waals surface area contributed by atoms with E-state index in [1.54, 1.807) is 47.1 Å². The van der Waals surface area contributed by atoms with E-state index in [4.69, 9.17) is 11.6 Å². The Bertz CT molecular complexity index is 1160. The maximum atomic E-state index is 12.8. The van der Waals surface area contributed by atoms with Gasteiger partial charge in [-0.1, -0.05) is 23.7 Å². The number of amides is 1. The van der Waals surface area contributed by atoms with Gasteiger partial charge >= 0.3 is 0 Å². The van der Waals surface area contributed by atoms with E-state index in [2.05, 4.69) is 26.3 Å². The number of nitrogens with one attached hydrogen (secondary N) is 1. The Kier molecular flexibility index (Phi) is 4.57. The second-order valence-corrected chi connectivity index (χ2v) is 9.48. The standard InChI is InChI=1S/C18H13BrClN3O3S/c19-15-4-2-1-3-13(15)18(24)21-17-14-9-27(25,26)10-16(14)22-23(17)12-7-5-11(20)6-8-12/h1-8H,9-10H2,(H,21,24). The van der Waals surface area contributed by atoms with Crippen LogP contribution in [0.3, 0.4) is 0 Å². The lowest BCUT2D eigenvalue weighted by Crippen LogP contribution is -2.17. The topological polar surface area (TPSA) is 81.1 Å². The molecule has 0 radical (unpaired) electrons. The molecule has 1 aliphatic heterocycles. The summed E-state index contributed by atoms with van der Waals surface area (Å²) in [5, 5.41) is 7.83. The number of sulfone groups is 1. The van der Waals surface area contributed by atoms with Gasteiger partial charge in [-0.25, -0.2) is 13.1 Å². The maximum absolute atomic E-state index is 12.8. The van der Waals surface area contributed by atoms with Crippen LogP contribution in [-0.4, -0.2) is 24.1 Å². The molecule has 1 N–H and O–H groups in total. The van der Waals surface area contributed by atoms with Gasteiger partial charge in [0.2, 0.25) is 0 Å². The number of halogens is 2. The summed E-state index contributed by atoms with van der Waals surface area (Å²) in [6.45, 7) is 0. The minimum atomic E-state index is -3.26. The van der Waals surface area contributed by atoms with Crippen molar-refractivity contribution >= 4 is 49.1 Å². The molecule has 0 unspecified atom stereocenters. The largest absolute Gasteiger partial charge is 0.306 e. The highest BCUT2D eigenvalue weighted by molar-refractivity contribution is 9.10. The van der Waals surface area contributed by atoms with E-state index in [9.17, 15) is 13.2 Å². The highest BCUT2D eigenvalue weighted by Gasteiger charge is 2.33. The number of fused-ring (bicyclic) bond motifs is 1. The molecule has 2 aromatic carbocycles. The van der Waals surface area contributed by atoms with Crippen LogP contribution in [0.1, 0.15) is 21.6 Å². The first-order valence-corrected chi connectivity index (χ1v) is 11.0. The molecule has 1 aliphatic rings. The van der Waals surface area contributed by atoms with Gasteiger partial charge in [-0.05, 0) is 52.3 Å². The Morgan fingerprint density at radius 2 is 1.81 bits per heavy atom. The summed E-state index contributed by atoms with van der Waals surface area (Å²) in [6, 6.07) is 13.9. The molecular weight excluding hydrogens is 454 g/mol. The van der Waals surface area contributed by atoms with Crippen LogP contribution in [0, 0.1) is 0 Å². The zero-order valence-electron chi connectivity index (χ0n) is 13.8. The Morgan fingerprint density at radius 3 is 2.52 bits per heavy atom. The molecule has 4 rings (SSSR count). The lowest BCUT2D eigenvalue weighted by atomic mass is 10.2. The summed E-state index contributed by atoms with van der Waals surface area (Å²) in [7, 11) is -3.26. The highest BCUT2D eigenvalue weighted by atomic mass is 79.9. The van der Waals surface area contributed by atoms with Gasteiger partial charge in [-0.15, -0.1) is 0 Å². The van der Waals surface area contributed by atoms with E-state index in [0.29, 0.717) is 37.8 Å². The Hall–Kier alpha value is -2.16. The molecular formula is C18H13BrClN3O3S. The number of hydrogen-bond donors (Lipinski definition) is 1. The molecule has 0 bridgehead atoms. The van der Waals surface area contributed by atoms with Crippen LogP contribution in [0.15, 0.2) is 53.0 Å². The Balaban J connectivity index is 1.80. The van der Waals surface area contributed by atoms with Gasteiger partial charge in [0.05, 0.1) is 28.5 Å². The summed E-state index contributed by atoms with van der Waals surface area (Å²) >= 11 is 9.31. The molecule has 138 valence electrons. The normalized spacial score (nSPS) is 14.7. The molecule has 0 aliphatic carbocycles. The first kappa shape index (κ1) is 18.2. The zero-order valence-corrected chi connectivity index (χ0v) is 17.0. The lowest BCUT2D eigenvalue weighted by Gasteiger charge is -2.12. The minimum absolute atomic E-state index is 0.138. The third-order valence-corrected chi connectivity index (χ3v) is 6.59. The fourth-order valence-corrected chi connectivity index (χ4v) is 5.04. The summed E-state index contributed by atoms with van der Waals surface area (Å²) in [5.74, 6) is -0.290. The summed E-state index contributed by atoms with van der Waals surface area (Å²) in [5.41, 5.74) is 2.09. The number of anilines is 1. The quantitative estimate of drug-likeness (QED) is 0.633. The third-order valence-electron chi connectivity index (χ3n) is 4.21. The number of carbonyl (C=O) groups excluding carboxylic acids is 1. The van der Waals surface area contributed by atoms with Crippen LogP contribution >= 0.6 is 27.5 Å². The molecule has 0 fully saturated rings. The fraction of sp³-hybridized carbons (Fsp3) is 0.111. The van der Waals surface area contributed by atoms with E-state index in [1.807, 2.05) is 6.07 Å². The van der Waals surface area contributed by atoms with Crippen LogP contribution in [0.5, 0.6) is 0 Å². The molecule has 0 spiro atoms. The molecule has 0 saturated carbocycles. The lowest BCUT2D eigenvalue weighted by molar-refractivity contribution is 0.102. The number of aromatic nitrogens is 2. The molecule has 1 amide bonds. The number of benzene rings is 2. The molecule has 0 saturated heterocycles. The van der Waals surface area contributed by atoms with Gasteiger partial charge < -0.3 is 5.32 Å². The smallest absolute Gasteiger partial charge is 0.257 e. The van der Waals surface area contributed by atoms with Crippen molar-refractivity contribution in [3.63, 3.8) is 0 Å². The van der Waals surface area contributed by atoms with Crippen LogP contribution in [0.2, 0.25) is 5.02 Å². The van der Waals surface area contributed by atoms with Gasteiger partial charge in [-0.2, -0.15) is 5.10 Å². The molecule has 9 heteroatoms. The highest BCUT2D eigenvalue weighted by Crippen LogP contribution is 2.33. The monoisotopic (exact) mass is 465 g/mol. The van der Waals surface area contributed by atoms with Gasteiger partial charge in [0.15, 0.2) is 9.84 Å². The van der Waals surface area contributed by atoms with Gasteiger partial charge in [0.1, 0.15) is 5.82 Å². The van der Waals surface area contributed by atoms with E-state index in [1.165, 1.54) is 0 Å². The van der Waals surface area contributed by atoms with Crippen molar-refractivity contribution in [1.82, 2.24) is 9.78 Å². The van der Waals surface area contributed by atoms with Crippen LogP contribution in [-0.2, 0) is 21.3 Å². The van der Waals surface area contributed by atoms with Crippen LogP contribution < -0.4 is 5.32 Å². The van der Waals surface area contributed by atoms with Crippen molar-refractivity contribution in [3.8, 4) is 5.69 Å². The third kappa shape index (κ3) is 3.52. The Morgan fingerprint density at radius 1 is 1.11 bits per heavy atom. The van der Waals surface area contributed by atoms with Crippen LogP contribution in [0.4, 0.5) is 5.82 Å². The number of carbonyl (C=O) groups is 1. The molecule has 3 aromatic rings. The predicted molar refractivity (Wildman–Crippen MR) is 107 cm³/mol. The summed E-state index contributed by atoms with van der Waals surface area (Å²) < 4.78 is 26.2. The minimum Gasteiger partial charge on any atom is -0.306 e. The van der Waals surface area contributed by atoms with Gasteiger partial charge in [-0.3, -0.25) is 4.79 Å². The van der Waals surface area contributed by atoms with Crippen molar-refractivity contribution < 1.29 is 13.2 Å². The van der Waals surface area contributed by atoms with E-state index in [-0.39, 0.29) is 17.4 Å².